The molecule has 0 spiro atoms. The van der Waals surface area contributed by atoms with E-state index >= 15 is 0 Å². The minimum absolute atomic E-state index is 0. The molecule has 120 valence electrons. The van der Waals surface area contributed by atoms with Crippen LogP contribution in [-0.4, -0.2) is 23.5 Å². The number of piperidine rings is 1. The summed E-state index contributed by atoms with van der Waals surface area (Å²) in [6.45, 7) is 1.47. The van der Waals surface area contributed by atoms with Gasteiger partial charge in [0.2, 0.25) is 5.91 Å². The summed E-state index contributed by atoms with van der Waals surface area (Å²) in [6, 6.07) is 9.99. The highest BCUT2D eigenvalue weighted by molar-refractivity contribution is 5.86. The second-order valence-corrected chi connectivity index (χ2v) is 5.21. The Morgan fingerprint density at radius 3 is 2.82 bits per heavy atom. The highest BCUT2D eigenvalue weighted by Crippen LogP contribution is 2.15. The number of nitrogens with zero attached hydrogens (tertiary/aromatic N) is 1. The Kier molecular flexibility index (Phi) is 7.59. The van der Waals surface area contributed by atoms with E-state index in [0.717, 1.165) is 42.3 Å². The third-order valence-electron chi connectivity index (χ3n) is 3.80. The molecule has 2 aromatic rings. The predicted molar refractivity (Wildman–Crippen MR) is 93.7 cm³/mol. The lowest BCUT2D eigenvalue weighted by Crippen LogP contribution is -2.46. The monoisotopic (exact) mass is 341 g/mol. The lowest BCUT2D eigenvalue weighted by Gasteiger charge is -2.22. The van der Waals surface area contributed by atoms with E-state index in [0.29, 0.717) is 6.54 Å². The number of pyridine rings is 1. The van der Waals surface area contributed by atoms with Gasteiger partial charge in [0.15, 0.2) is 0 Å². The first-order valence-corrected chi connectivity index (χ1v) is 7.18. The Hall–Kier alpha value is -1.36. The summed E-state index contributed by atoms with van der Waals surface area (Å²) in [5.41, 5.74) is 2.03. The van der Waals surface area contributed by atoms with E-state index in [1.807, 2.05) is 30.3 Å². The third-order valence-corrected chi connectivity index (χ3v) is 3.80. The van der Waals surface area contributed by atoms with Crippen molar-refractivity contribution in [2.45, 2.75) is 31.8 Å². The van der Waals surface area contributed by atoms with Gasteiger partial charge < -0.3 is 10.6 Å². The second kappa shape index (κ2) is 8.93. The van der Waals surface area contributed by atoms with Crippen LogP contribution in [0.2, 0.25) is 0 Å². The zero-order valence-corrected chi connectivity index (χ0v) is 13.9. The van der Waals surface area contributed by atoms with Crippen molar-refractivity contribution < 1.29 is 4.79 Å². The Morgan fingerprint density at radius 1 is 1.23 bits per heavy atom. The van der Waals surface area contributed by atoms with Gasteiger partial charge >= 0.3 is 0 Å². The van der Waals surface area contributed by atoms with Crippen LogP contribution in [0.5, 0.6) is 0 Å². The fourth-order valence-electron chi connectivity index (χ4n) is 2.69. The van der Waals surface area contributed by atoms with Crippen molar-refractivity contribution in [1.82, 2.24) is 15.6 Å². The van der Waals surface area contributed by atoms with Gasteiger partial charge in [0.25, 0.3) is 0 Å². The molecule has 0 aliphatic carbocycles. The molecule has 1 aliphatic rings. The number of amides is 1. The highest BCUT2D eigenvalue weighted by Gasteiger charge is 2.20. The molecule has 4 nitrogen and oxygen atoms in total. The SMILES string of the molecule is Cl.Cl.O=C(NCc1cccc2cccnc12)[C@H]1CCCCN1. The molecular formula is C16H21Cl2N3O. The summed E-state index contributed by atoms with van der Waals surface area (Å²) in [6.07, 6.45) is 5.01. The summed E-state index contributed by atoms with van der Waals surface area (Å²) in [7, 11) is 0. The molecule has 22 heavy (non-hydrogen) atoms. The van der Waals surface area contributed by atoms with Crippen LogP contribution in [0.15, 0.2) is 36.5 Å². The molecule has 1 atom stereocenters. The molecule has 6 heteroatoms. The Balaban J connectivity index is 0.00000121. The van der Waals surface area contributed by atoms with Gasteiger partial charge in [-0.2, -0.15) is 0 Å². The first kappa shape index (κ1) is 18.7. The number of nitrogens with one attached hydrogen (secondary N) is 2. The van der Waals surface area contributed by atoms with Crippen molar-refractivity contribution in [3.63, 3.8) is 0 Å². The molecule has 1 fully saturated rings. The van der Waals surface area contributed by atoms with Gasteiger partial charge in [-0.1, -0.05) is 30.7 Å². The Bertz CT molecular complexity index is 610. The molecule has 1 saturated heterocycles. The molecule has 2 heterocycles. The lowest BCUT2D eigenvalue weighted by atomic mass is 10.0. The van der Waals surface area contributed by atoms with Crippen molar-refractivity contribution in [3.8, 4) is 0 Å². The molecule has 1 aromatic heterocycles. The standard InChI is InChI=1S/C16H19N3O.2ClH/c20-16(14-8-1-2-9-17-14)19-11-13-6-3-5-12-7-4-10-18-15(12)13;;/h3-7,10,14,17H,1-2,8-9,11H2,(H,19,20);2*1H/t14-;;/m1../s1. The predicted octanol–water partition coefficient (Wildman–Crippen LogP) is 2.84. The summed E-state index contributed by atoms with van der Waals surface area (Å²) < 4.78 is 0. The first-order chi connectivity index (χ1) is 9.84. The van der Waals surface area contributed by atoms with Crippen molar-refractivity contribution in [2.24, 2.45) is 0 Å². The van der Waals surface area contributed by atoms with Crippen LogP contribution < -0.4 is 10.6 Å². The van der Waals surface area contributed by atoms with Gasteiger partial charge in [-0.05, 0) is 31.0 Å². The maximum absolute atomic E-state index is 12.1. The fraction of sp³-hybridized carbons (Fsp3) is 0.375. The van der Waals surface area contributed by atoms with Gasteiger partial charge in [0, 0.05) is 18.1 Å². The maximum Gasteiger partial charge on any atom is 0.237 e. The normalized spacial score (nSPS) is 17.2. The largest absolute Gasteiger partial charge is 0.351 e. The smallest absolute Gasteiger partial charge is 0.237 e. The highest BCUT2D eigenvalue weighted by atomic mass is 35.5. The zero-order chi connectivity index (χ0) is 13.8. The van der Waals surface area contributed by atoms with E-state index in [-0.39, 0.29) is 36.8 Å². The first-order valence-electron chi connectivity index (χ1n) is 7.18. The molecule has 3 rings (SSSR count). The minimum atomic E-state index is -0.0355. The van der Waals surface area contributed by atoms with Crippen LogP contribution in [0.3, 0.4) is 0 Å². The molecule has 1 amide bonds. The van der Waals surface area contributed by atoms with E-state index < -0.39 is 0 Å². The molecule has 0 bridgehead atoms. The van der Waals surface area contributed by atoms with Crippen LogP contribution in [0, 0.1) is 0 Å². The number of carbonyl (C=O) groups is 1. The topological polar surface area (TPSA) is 54.0 Å². The van der Waals surface area contributed by atoms with Gasteiger partial charge in [-0.15, -0.1) is 24.8 Å². The van der Waals surface area contributed by atoms with E-state index in [2.05, 4.69) is 15.6 Å². The lowest BCUT2D eigenvalue weighted by molar-refractivity contribution is -0.123. The molecule has 0 unspecified atom stereocenters. The third kappa shape index (κ3) is 4.32. The minimum Gasteiger partial charge on any atom is -0.351 e. The number of rotatable bonds is 3. The number of aromatic nitrogens is 1. The average molecular weight is 342 g/mol. The van der Waals surface area contributed by atoms with Crippen LogP contribution in [0.4, 0.5) is 0 Å². The summed E-state index contributed by atoms with van der Waals surface area (Å²) in [5.74, 6) is 0.0950. The summed E-state index contributed by atoms with van der Waals surface area (Å²) in [5, 5.41) is 7.39. The molecule has 1 aliphatic heterocycles. The van der Waals surface area contributed by atoms with Gasteiger partial charge in [0.1, 0.15) is 0 Å². The number of hydrogen-bond acceptors (Lipinski definition) is 3. The summed E-state index contributed by atoms with van der Waals surface area (Å²) >= 11 is 0. The van der Waals surface area contributed by atoms with Crippen LogP contribution in [0.1, 0.15) is 24.8 Å². The molecule has 2 N–H and O–H groups in total. The molecular weight excluding hydrogens is 321 g/mol. The number of halogens is 2. The van der Waals surface area contributed by atoms with Gasteiger partial charge in [0.05, 0.1) is 11.6 Å². The average Bonchev–Trinajstić information content (AvgIpc) is 2.53. The van der Waals surface area contributed by atoms with Crippen LogP contribution in [-0.2, 0) is 11.3 Å². The fourth-order valence-corrected chi connectivity index (χ4v) is 2.69. The van der Waals surface area contributed by atoms with E-state index in [4.69, 9.17) is 0 Å². The zero-order valence-electron chi connectivity index (χ0n) is 12.2. The quantitative estimate of drug-likeness (QED) is 0.902. The van der Waals surface area contributed by atoms with E-state index in [1.165, 1.54) is 0 Å². The van der Waals surface area contributed by atoms with Gasteiger partial charge in [-0.25, -0.2) is 0 Å². The van der Waals surface area contributed by atoms with Gasteiger partial charge in [-0.3, -0.25) is 9.78 Å². The van der Waals surface area contributed by atoms with Crippen molar-refractivity contribution >= 4 is 41.6 Å². The maximum atomic E-state index is 12.1. The molecule has 1 aromatic carbocycles. The van der Waals surface area contributed by atoms with Crippen molar-refractivity contribution in [3.05, 3.63) is 42.1 Å². The number of hydrogen-bond donors (Lipinski definition) is 2. The Labute approximate surface area is 142 Å². The van der Waals surface area contributed by atoms with E-state index in [1.54, 1.807) is 6.20 Å². The number of carbonyl (C=O) groups excluding carboxylic acids is 1. The van der Waals surface area contributed by atoms with Crippen LogP contribution in [0.25, 0.3) is 10.9 Å². The molecule has 0 saturated carbocycles. The van der Waals surface area contributed by atoms with Crippen LogP contribution >= 0.6 is 24.8 Å². The second-order valence-electron chi connectivity index (χ2n) is 5.21. The summed E-state index contributed by atoms with van der Waals surface area (Å²) in [4.78, 5) is 16.5. The number of para-hydroxylation sites is 1. The number of benzene rings is 1. The van der Waals surface area contributed by atoms with Crippen molar-refractivity contribution in [1.29, 1.82) is 0 Å². The Morgan fingerprint density at radius 2 is 2.05 bits per heavy atom. The van der Waals surface area contributed by atoms with Crippen molar-refractivity contribution in [2.75, 3.05) is 6.54 Å². The molecule has 0 radical (unpaired) electrons. The number of fused-ring (bicyclic) bond motifs is 1. The van der Waals surface area contributed by atoms with E-state index in [9.17, 15) is 4.79 Å².